The van der Waals surface area contributed by atoms with Crippen LogP contribution in [0, 0.1) is 5.92 Å². The summed E-state index contributed by atoms with van der Waals surface area (Å²) < 4.78 is 7.84. The molecule has 1 unspecified atom stereocenters. The number of para-hydroxylation sites is 1. The molecule has 0 saturated carbocycles. The first-order valence-corrected chi connectivity index (χ1v) is 11.1. The monoisotopic (exact) mass is 412 g/mol. The molecule has 1 aliphatic rings. The molecule has 0 spiro atoms. The van der Waals surface area contributed by atoms with Crippen LogP contribution in [0.15, 0.2) is 47.7 Å². The summed E-state index contributed by atoms with van der Waals surface area (Å²) in [5.74, 6) is 1.52. The summed E-state index contributed by atoms with van der Waals surface area (Å²) in [7, 11) is 0. The van der Waals surface area contributed by atoms with E-state index in [4.69, 9.17) is 9.73 Å². The maximum atomic E-state index is 5.92. The second kappa shape index (κ2) is 11.7. The topological polar surface area (TPSA) is 66.7 Å². The molecule has 0 bridgehead atoms. The molecule has 3 rings (SSSR count). The molecule has 0 aliphatic carbocycles. The third kappa shape index (κ3) is 7.15. The number of aromatic nitrogens is 2. The van der Waals surface area contributed by atoms with Gasteiger partial charge in [0.05, 0.1) is 31.1 Å². The number of guanidine groups is 1. The summed E-state index contributed by atoms with van der Waals surface area (Å²) >= 11 is 0. The number of nitrogens with one attached hydrogen (secondary N) is 2. The average molecular weight is 413 g/mol. The molecular weight excluding hydrogens is 376 g/mol. The number of hydrogen-bond donors (Lipinski definition) is 2. The zero-order valence-electron chi connectivity index (χ0n) is 18.6. The minimum absolute atomic E-state index is 0.164. The minimum Gasteiger partial charge on any atom is -0.374 e. The van der Waals surface area contributed by atoms with Gasteiger partial charge in [-0.25, -0.2) is 4.68 Å². The predicted octanol–water partition coefficient (Wildman–Crippen LogP) is 2.33. The van der Waals surface area contributed by atoms with Gasteiger partial charge in [-0.3, -0.25) is 9.89 Å². The van der Waals surface area contributed by atoms with Gasteiger partial charge in [0.15, 0.2) is 5.96 Å². The molecule has 0 amide bonds. The van der Waals surface area contributed by atoms with Crippen molar-refractivity contribution in [2.45, 2.75) is 33.3 Å². The van der Waals surface area contributed by atoms with E-state index in [1.165, 1.54) is 5.56 Å². The standard InChI is InChI=1S/C23H36N6O/c1-4-24-23(26-15-22-18-28(12-13-30-22)16-19(2)3)25-11-10-20-14-27-29(17-20)21-8-6-5-7-9-21/h5-9,14,17,19,22H,4,10-13,15-16,18H2,1-3H3,(H2,24,25,26). The molecule has 30 heavy (non-hydrogen) atoms. The van der Waals surface area contributed by atoms with Crippen LogP contribution < -0.4 is 10.6 Å². The summed E-state index contributed by atoms with van der Waals surface area (Å²) in [6, 6.07) is 10.2. The number of rotatable bonds is 9. The summed E-state index contributed by atoms with van der Waals surface area (Å²) in [6.07, 6.45) is 5.06. The molecule has 1 atom stereocenters. The maximum Gasteiger partial charge on any atom is 0.191 e. The molecule has 0 radical (unpaired) electrons. The van der Waals surface area contributed by atoms with E-state index in [1.54, 1.807) is 0 Å². The van der Waals surface area contributed by atoms with E-state index in [1.807, 2.05) is 29.1 Å². The first kappa shape index (κ1) is 22.3. The van der Waals surface area contributed by atoms with Gasteiger partial charge in [0.25, 0.3) is 0 Å². The minimum atomic E-state index is 0.164. The Morgan fingerprint density at radius 1 is 1.27 bits per heavy atom. The molecule has 7 nitrogen and oxygen atoms in total. The van der Waals surface area contributed by atoms with Gasteiger partial charge in [-0.05, 0) is 37.0 Å². The fourth-order valence-electron chi connectivity index (χ4n) is 3.64. The molecule has 1 aromatic heterocycles. The largest absolute Gasteiger partial charge is 0.374 e. The van der Waals surface area contributed by atoms with Gasteiger partial charge in [-0.1, -0.05) is 32.0 Å². The Morgan fingerprint density at radius 2 is 2.10 bits per heavy atom. The molecular formula is C23H36N6O. The van der Waals surface area contributed by atoms with Crippen LogP contribution in [0.5, 0.6) is 0 Å². The summed E-state index contributed by atoms with van der Waals surface area (Å²) in [5.41, 5.74) is 2.27. The number of nitrogens with zero attached hydrogens (tertiary/aromatic N) is 4. The van der Waals surface area contributed by atoms with Crippen LogP contribution in [0.25, 0.3) is 5.69 Å². The van der Waals surface area contributed by atoms with E-state index in [9.17, 15) is 0 Å². The lowest BCUT2D eigenvalue weighted by molar-refractivity contribution is -0.0261. The average Bonchev–Trinajstić information content (AvgIpc) is 3.21. The Hall–Kier alpha value is -2.38. The highest BCUT2D eigenvalue weighted by Gasteiger charge is 2.20. The Labute approximate surface area is 180 Å². The van der Waals surface area contributed by atoms with Gasteiger partial charge in [0.2, 0.25) is 0 Å². The van der Waals surface area contributed by atoms with Crippen LogP contribution in [-0.2, 0) is 11.2 Å². The van der Waals surface area contributed by atoms with Crippen molar-refractivity contribution in [2.24, 2.45) is 10.9 Å². The lowest BCUT2D eigenvalue weighted by Gasteiger charge is -2.33. The maximum absolute atomic E-state index is 5.92. The molecule has 2 aromatic rings. The Balaban J connectivity index is 1.46. The van der Waals surface area contributed by atoms with Crippen molar-refractivity contribution in [1.82, 2.24) is 25.3 Å². The first-order chi connectivity index (χ1) is 14.6. The number of aliphatic imine (C=N–C) groups is 1. The van der Waals surface area contributed by atoms with Gasteiger partial charge in [0, 0.05) is 38.9 Å². The Kier molecular flexibility index (Phi) is 8.71. The molecule has 1 aliphatic heterocycles. The van der Waals surface area contributed by atoms with E-state index in [-0.39, 0.29) is 6.10 Å². The molecule has 2 heterocycles. The Morgan fingerprint density at radius 3 is 2.87 bits per heavy atom. The second-order valence-corrected chi connectivity index (χ2v) is 8.17. The van der Waals surface area contributed by atoms with Crippen molar-refractivity contribution in [2.75, 3.05) is 45.9 Å². The van der Waals surface area contributed by atoms with Gasteiger partial charge < -0.3 is 15.4 Å². The summed E-state index contributed by atoms with van der Waals surface area (Å²) in [6.45, 7) is 12.8. The van der Waals surface area contributed by atoms with Crippen molar-refractivity contribution in [1.29, 1.82) is 0 Å². The number of hydrogen-bond acceptors (Lipinski definition) is 4. The van der Waals surface area contributed by atoms with Crippen LogP contribution in [0.3, 0.4) is 0 Å². The third-order valence-corrected chi connectivity index (χ3v) is 5.01. The molecule has 164 valence electrons. The van der Waals surface area contributed by atoms with Crippen LogP contribution in [0.4, 0.5) is 0 Å². The molecule has 1 saturated heterocycles. The van der Waals surface area contributed by atoms with Crippen molar-refractivity contribution < 1.29 is 4.74 Å². The highest BCUT2D eigenvalue weighted by molar-refractivity contribution is 5.79. The van der Waals surface area contributed by atoms with E-state index in [0.29, 0.717) is 12.5 Å². The van der Waals surface area contributed by atoms with Crippen LogP contribution in [0.2, 0.25) is 0 Å². The van der Waals surface area contributed by atoms with E-state index >= 15 is 0 Å². The Bertz CT molecular complexity index is 773. The van der Waals surface area contributed by atoms with Gasteiger partial charge in [-0.2, -0.15) is 5.10 Å². The first-order valence-electron chi connectivity index (χ1n) is 11.1. The lowest BCUT2D eigenvalue weighted by Crippen LogP contribution is -2.46. The van der Waals surface area contributed by atoms with Gasteiger partial charge >= 0.3 is 0 Å². The number of benzene rings is 1. The predicted molar refractivity (Wildman–Crippen MR) is 122 cm³/mol. The highest BCUT2D eigenvalue weighted by atomic mass is 16.5. The lowest BCUT2D eigenvalue weighted by atomic mass is 10.2. The van der Waals surface area contributed by atoms with Crippen molar-refractivity contribution in [3.8, 4) is 5.69 Å². The number of morpholine rings is 1. The quantitative estimate of drug-likeness (QED) is 0.489. The zero-order chi connectivity index (χ0) is 21.2. The van der Waals surface area contributed by atoms with Gasteiger partial charge in [-0.15, -0.1) is 0 Å². The molecule has 7 heteroatoms. The van der Waals surface area contributed by atoms with Crippen molar-refractivity contribution in [3.05, 3.63) is 48.3 Å². The third-order valence-electron chi connectivity index (χ3n) is 5.01. The fraction of sp³-hybridized carbons (Fsp3) is 0.565. The van der Waals surface area contributed by atoms with Crippen LogP contribution in [-0.4, -0.2) is 72.6 Å². The van der Waals surface area contributed by atoms with E-state index in [2.05, 4.69) is 59.7 Å². The SMILES string of the molecule is CCNC(=NCC1CN(CC(C)C)CCO1)NCCc1cnn(-c2ccccc2)c1. The molecule has 2 N–H and O–H groups in total. The van der Waals surface area contributed by atoms with Gasteiger partial charge in [0.1, 0.15) is 0 Å². The smallest absolute Gasteiger partial charge is 0.191 e. The summed E-state index contributed by atoms with van der Waals surface area (Å²) in [5, 5.41) is 11.2. The van der Waals surface area contributed by atoms with E-state index < -0.39 is 0 Å². The molecule has 1 aromatic carbocycles. The van der Waals surface area contributed by atoms with Crippen molar-refractivity contribution >= 4 is 5.96 Å². The fourth-order valence-corrected chi connectivity index (χ4v) is 3.64. The molecule has 1 fully saturated rings. The summed E-state index contributed by atoms with van der Waals surface area (Å²) in [4.78, 5) is 7.24. The van der Waals surface area contributed by atoms with Crippen LogP contribution >= 0.6 is 0 Å². The highest BCUT2D eigenvalue weighted by Crippen LogP contribution is 2.09. The van der Waals surface area contributed by atoms with Crippen LogP contribution in [0.1, 0.15) is 26.3 Å². The van der Waals surface area contributed by atoms with Crippen molar-refractivity contribution in [3.63, 3.8) is 0 Å². The zero-order valence-corrected chi connectivity index (χ0v) is 18.6. The van der Waals surface area contributed by atoms with E-state index in [0.717, 1.165) is 57.4 Å². The number of ether oxygens (including phenoxy) is 1. The second-order valence-electron chi connectivity index (χ2n) is 8.17. The normalized spacial score (nSPS) is 18.0.